The predicted molar refractivity (Wildman–Crippen MR) is 85.1 cm³/mol. The molecule has 2 N–H and O–H groups in total. The first kappa shape index (κ1) is 14.9. The molecule has 2 aromatic carbocycles. The van der Waals surface area contributed by atoms with Gasteiger partial charge in [-0.3, -0.25) is 0 Å². The largest absolute Gasteiger partial charge is 0.496 e. The summed E-state index contributed by atoms with van der Waals surface area (Å²) in [4.78, 5) is 1.06. The molecule has 3 nitrogen and oxygen atoms in total. The first-order chi connectivity index (χ1) is 9.69. The molecule has 0 radical (unpaired) electrons. The Morgan fingerprint density at radius 3 is 2.60 bits per heavy atom. The van der Waals surface area contributed by atoms with Crippen molar-refractivity contribution in [3.63, 3.8) is 0 Å². The van der Waals surface area contributed by atoms with Crippen molar-refractivity contribution in [1.82, 2.24) is 0 Å². The minimum atomic E-state index is 0.611. The van der Waals surface area contributed by atoms with Gasteiger partial charge in [0.25, 0.3) is 0 Å². The smallest absolute Gasteiger partial charge is 0.134 e. The number of benzene rings is 2. The van der Waals surface area contributed by atoms with Gasteiger partial charge in [0.1, 0.15) is 11.5 Å². The number of anilines is 1. The molecule has 0 unspecified atom stereocenters. The molecule has 0 spiro atoms. The zero-order chi connectivity index (χ0) is 14.4. The lowest BCUT2D eigenvalue weighted by molar-refractivity contribution is 0.344. The van der Waals surface area contributed by atoms with Gasteiger partial charge in [0.2, 0.25) is 0 Å². The molecule has 5 heteroatoms. The van der Waals surface area contributed by atoms with Gasteiger partial charge in [0.15, 0.2) is 0 Å². The molecule has 0 aliphatic rings. The number of nitrogen functional groups attached to an aromatic ring is 1. The molecule has 20 heavy (non-hydrogen) atoms. The van der Waals surface area contributed by atoms with E-state index in [2.05, 4.69) is 0 Å². The molecule has 0 amide bonds. The number of nitrogens with two attached hydrogens (primary N) is 1. The van der Waals surface area contributed by atoms with Crippen LogP contribution >= 0.6 is 23.4 Å². The third-order valence-electron chi connectivity index (χ3n) is 2.61. The van der Waals surface area contributed by atoms with Crippen molar-refractivity contribution in [3.05, 3.63) is 47.5 Å². The number of hydrogen-bond donors (Lipinski definition) is 1. The van der Waals surface area contributed by atoms with E-state index in [-0.39, 0.29) is 0 Å². The molecule has 0 aromatic heterocycles. The topological polar surface area (TPSA) is 44.5 Å². The molecule has 2 rings (SSSR count). The maximum atomic E-state index is 5.82. The summed E-state index contributed by atoms with van der Waals surface area (Å²) in [6, 6.07) is 13.0. The average molecular weight is 310 g/mol. The van der Waals surface area contributed by atoms with Crippen LogP contribution in [0.4, 0.5) is 5.69 Å². The highest BCUT2D eigenvalue weighted by atomic mass is 35.5. The van der Waals surface area contributed by atoms with E-state index in [1.54, 1.807) is 18.9 Å². The molecule has 2 aromatic rings. The molecular formula is C15H16ClNO2S. The Morgan fingerprint density at radius 1 is 1.15 bits per heavy atom. The predicted octanol–water partition coefficient (Wildman–Crippen LogP) is 4.10. The minimum absolute atomic E-state index is 0.611. The molecule has 0 aliphatic carbocycles. The normalized spacial score (nSPS) is 10.3. The van der Waals surface area contributed by atoms with Gasteiger partial charge < -0.3 is 15.2 Å². The Morgan fingerprint density at radius 2 is 1.90 bits per heavy atom. The van der Waals surface area contributed by atoms with Crippen LogP contribution in [0.5, 0.6) is 11.5 Å². The van der Waals surface area contributed by atoms with Crippen molar-refractivity contribution in [1.29, 1.82) is 0 Å². The molecule has 0 atom stereocenters. The van der Waals surface area contributed by atoms with Gasteiger partial charge in [-0.25, -0.2) is 0 Å². The summed E-state index contributed by atoms with van der Waals surface area (Å²) < 4.78 is 10.9. The lowest BCUT2D eigenvalue weighted by Crippen LogP contribution is -2.00. The number of rotatable bonds is 6. The second-order valence-electron chi connectivity index (χ2n) is 4.06. The van der Waals surface area contributed by atoms with Crippen LogP contribution in [0.2, 0.25) is 5.02 Å². The van der Waals surface area contributed by atoms with Crippen LogP contribution in [0, 0.1) is 0 Å². The lowest BCUT2D eigenvalue weighted by Gasteiger charge is -2.09. The Hall–Kier alpha value is -1.52. The fraction of sp³-hybridized carbons (Fsp3) is 0.200. The van der Waals surface area contributed by atoms with Crippen molar-refractivity contribution in [2.24, 2.45) is 0 Å². The van der Waals surface area contributed by atoms with Crippen LogP contribution in [0.1, 0.15) is 0 Å². The van der Waals surface area contributed by atoms with Crippen LogP contribution in [-0.4, -0.2) is 19.5 Å². The van der Waals surface area contributed by atoms with Crippen LogP contribution in [0.15, 0.2) is 47.4 Å². The van der Waals surface area contributed by atoms with E-state index >= 15 is 0 Å². The summed E-state index contributed by atoms with van der Waals surface area (Å²) in [5.74, 6) is 2.43. The van der Waals surface area contributed by atoms with Crippen molar-refractivity contribution < 1.29 is 9.47 Å². The highest BCUT2D eigenvalue weighted by molar-refractivity contribution is 7.99. The number of thioether (sulfide) groups is 1. The molecule has 0 heterocycles. The monoisotopic (exact) mass is 309 g/mol. The summed E-state index contributed by atoms with van der Waals surface area (Å²) in [6.45, 7) is 0.611. The van der Waals surface area contributed by atoms with Crippen LogP contribution in [0.25, 0.3) is 0 Å². The highest BCUT2D eigenvalue weighted by Crippen LogP contribution is 2.30. The van der Waals surface area contributed by atoms with Crippen molar-refractivity contribution in [2.45, 2.75) is 4.90 Å². The third kappa shape index (κ3) is 4.25. The summed E-state index contributed by atoms with van der Waals surface area (Å²) >= 11 is 7.49. The van der Waals surface area contributed by atoms with E-state index < -0.39 is 0 Å². The first-order valence-electron chi connectivity index (χ1n) is 6.14. The Kier molecular flexibility index (Phi) is 5.44. The number of halogens is 1. The van der Waals surface area contributed by atoms with Gasteiger partial charge in [-0.15, -0.1) is 11.8 Å². The SMILES string of the molecule is COc1cc(N)ccc1SCCOc1ccc(Cl)cc1. The van der Waals surface area contributed by atoms with Gasteiger partial charge in [0, 0.05) is 27.4 Å². The molecule has 0 bridgehead atoms. The fourth-order valence-electron chi connectivity index (χ4n) is 1.65. The maximum Gasteiger partial charge on any atom is 0.134 e. The summed E-state index contributed by atoms with van der Waals surface area (Å²) in [5, 5.41) is 0.707. The summed E-state index contributed by atoms with van der Waals surface area (Å²) in [5.41, 5.74) is 6.42. The second kappa shape index (κ2) is 7.31. The molecule has 0 saturated carbocycles. The number of ether oxygens (including phenoxy) is 2. The molecule has 106 valence electrons. The van der Waals surface area contributed by atoms with Crippen molar-refractivity contribution in [3.8, 4) is 11.5 Å². The van der Waals surface area contributed by atoms with Crippen molar-refractivity contribution >= 4 is 29.1 Å². The van der Waals surface area contributed by atoms with E-state index in [0.717, 1.165) is 22.1 Å². The number of hydrogen-bond acceptors (Lipinski definition) is 4. The van der Waals surface area contributed by atoms with Gasteiger partial charge in [0.05, 0.1) is 13.7 Å². The van der Waals surface area contributed by atoms with Crippen LogP contribution < -0.4 is 15.2 Å². The fourth-order valence-corrected chi connectivity index (χ4v) is 2.61. The highest BCUT2D eigenvalue weighted by Gasteiger charge is 2.04. The molecular weight excluding hydrogens is 294 g/mol. The van der Waals surface area contributed by atoms with Gasteiger partial charge >= 0.3 is 0 Å². The van der Waals surface area contributed by atoms with E-state index in [1.165, 1.54) is 0 Å². The Balaban J connectivity index is 1.82. The first-order valence-corrected chi connectivity index (χ1v) is 7.50. The van der Waals surface area contributed by atoms with Gasteiger partial charge in [-0.2, -0.15) is 0 Å². The van der Waals surface area contributed by atoms with Crippen molar-refractivity contribution in [2.75, 3.05) is 25.2 Å². The van der Waals surface area contributed by atoms with Gasteiger partial charge in [-0.1, -0.05) is 11.6 Å². The van der Waals surface area contributed by atoms with E-state index in [4.69, 9.17) is 26.8 Å². The molecule has 0 fully saturated rings. The Bertz CT molecular complexity index is 560. The van der Waals surface area contributed by atoms with E-state index in [0.29, 0.717) is 17.3 Å². The minimum Gasteiger partial charge on any atom is -0.496 e. The zero-order valence-corrected chi connectivity index (χ0v) is 12.7. The average Bonchev–Trinajstić information content (AvgIpc) is 2.46. The van der Waals surface area contributed by atoms with E-state index in [9.17, 15) is 0 Å². The summed E-state index contributed by atoms with van der Waals surface area (Å²) in [7, 11) is 1.64. The summed E-state index contributed by atoms with van der Waals surface area (Å²) in [6.07, 6.45) is 0. The maximum absolute atomic E-state index is 5.82. The lowest BCUT2D eigenvalue weighted by atomic mass is 10.3. The van der Waals surface area contributed by atoms with E-state index in [1.807, 2.05) is 42.5 Å². The quantitative estimate of drug-likeness (QED) is 0.495. The Labute approximate surface area is 128 Å². The molecule has 0 saturated heterocycles. The standard InChI is InChI=1S/C15H16ClNO2S/c1-18-14-10-12(17)4-7-15(14)20-9-8-19-13-5-2-11(16)3-6-13/h2-7,10H,8-9,17H2,1H3. The zero-order valence-electron chi connectivity index (χ0n) is 11.1. The van der Waals surface area contributed by atoms with Crippen LogP contribution in [-0.2, 0) is 0 Å². The molecule has 0 aliphatic heterocycles. The second-order valence-corrected chi connectivity index (χ2v) is 5.63. The van der Waals surface area contributed by atoms with Gasteiger partial charge in [-0.05, 0) is 36.4 Å². The number of methoxy groups -OCH3 is 1. The third-order valence-corrected chi connectivity index (χ3v) is 3.88. The van der Waals surface area contributed by atoms with Crippen LogP contribution in [0.3, 0.4) is 0 Å².